The summed E-state index contributed by atoms with van der Waals surface area (Å²) in [4.78, 5) is 23.6. The van der Waals surface area contributed by atoms with Crippen molar-refractivity contribution < 1.29 is 19.1 Å². The first-order valence-electron chi connectivity index (χ1n) is 9.49. The highest BCUT2D eigenvalue weighted by molar-refractivity contribution is 5.83. The number of benzene rings is 2. The number of esters is 2. The fourth-order valence-corrected chi connectivity index (χ4v) is 3.41. The van der Waals surface area contributed by atoms with E-state index in [9.17, 15) is 9.59 Å². The van der Waals surface area contributed by atoms with Crippen molar-refractivity contribution in [1.29, 1.82) is 0 Å². The summed E-state index contributed by atoms with van der Waals surface area (Å²) in [6, 6.07) is 14.0. The molecule has 0 spiro atoms. The van der Waals surface area contributed by atoms with Gasteiger partial charge in [-0.3, -0.25) is 9.59 Å². The predicted octanol–water partition coefficient (Wildman–Crippen LogP) is 4.79. The molecule has 0 bridgehead atoms. The normalized spacial score (nSPS) is 14.9. The van der Waals surface area contributed by atoms with Gasteiger partial charge in [0, 0.05) is 0 Å². The maximum Gasteiger partial charge on any atom is 0.306 e. The molecule has 138 valence electrons. The van der Waals surface area contributed by atoms with Crippen LogP contribution in [-0.4, -0.2) is 18.5 Å². The molecule has 0 aliphatic heterocycles. The molecular formula is C22H26O4. The van der Waals surface area contributed by atoms with Crippen molar-refractivity contribution >= 4 is 22.7 Å². The van der Waals surface area contributed by atoms with Crippen LogP contribution in [0, 0.1) is 5.92 Å². The van der Waals surface area contributed by atoms with Gasteiger partial charge in [0.1, 0.15) is 6.61 Å². The smallest absolute Gasteiger partial charge is 0.306 e. The third-order valence-corrected chi connectivity index (χ3v) is 4.95. The Kier molecular flexibility index (Phi) is 6.64. The summed E-state index contributed by atoms with van der Waals surface area (Å²) in [5, 5.41) is 2.27. The summed E-state index contributed by atoms with van der Waals surface area (Å²) >= 11 is 0. The van der Waals surface area contributed by atoms with Crippen LogP contribution in [-0.2, 0) is 25.7 Å². The Morgan fingerprint density at radius 2 is 1.54 bits per heavy atom. The minimum Gasteiger partial charge on any atom is -0.465 e. The molecule has 0 saturated heterocycles. The zero-order valence-electron chi connectivity index (χ0n) is 15.1. The van der Waals surface area contributed by atoms with Gasteiger partial charge in [-0.25, -0.2) is 0 Å². The summed E-state index contributed by atoms with van der Waals surface area (Å²) in [5.74, 6) is -0.182. The number of hydrogen-bond acceptors (Lipinski definition) is 4. The quantitative estimate of drug-likeness (QED) is 0.671. The van der Waals surface area contributed by atoms with E-state index in [1.165, 1.54) is 19.3 Å². The first-order valence-corrected chi connectivity index (χ1v) is 9.49. The highest BCUT2D eigenvalue weighted by atomic mass is 16.5. The number of ether oxygens (including phenoxy) is 2. The van der Waals surface area contributed by atoms with E-state index in [1.807, 2.05) is 42.5 Å². The van der Waals surface area contributed by atoms with Crippen molar-refractivity contribution in [3.05, 3.63) is 48.0 Å². The van der Waals surface area contributed by atoms with Gasteiger partial charge >= 0.3 is 11.9 Å². The highest BCUT2D eigenvalue weighted by Gasteiger charge is 2.16. The summed E-state index contributed by atoms with van der Waals surface area (Å²) < 4.78 is 10.6. The molecule has 0 amide bonds. The molecule has 1 aliphatic rings. The Bertz CT molecular complexity index is 747. The number of carbonyl (C=O) groups excluding carboxylic acids is 2. The van der Waals surface area contributed by atoms with Crippen molar-refractivity contribution in [2.24, 2.45) is 5.92 Å². The van der Waals surface area contributed by atoms with E-state index in [4.69, 9.17) is 9.47 Å². The predicted molar refractivity (Wildman–Crippen MR) is 101 cm³/mol. The molecule has 0 unspecified atom stereocenters. The van der Waals surface area contributed by atoms with Gasteiger partial charge in [-0.15, -0.1) is 0 Å². The van der Waals surface area contributed by atoms with Crippen LogP contribution in [0.4, 0.5) is 0 Å². The van der Waals surface area contributed by atoms with Crippen LogP contribution in [0.15, 0.2) is 42.5 Å². The summed E-state index contributed by atoms with van der Waals surface area (Å²) in [6.45, 7) is 0.714. The van der Waals surface area contributed by atoms with Gasteiger partial charge in [-0.05, 0) is 41.2 Å². The zero-order chi connectivity index (χ0) is 18.2. The lowest BCUT2D eigenvalue weighted by atomic mass is 9.90. The van der Waals surface area contributed by atoms with Gasteiger partial charge < -0.3 is 9.47 Å². The van der Waals surface area contributed by atoms with Gasteiger partial charge in [0.25, 0.3) is 0 Å². The average Bonchev–Trinajstić information content (AvgIpc) is 2.69. The summed E-state index contributed by atoms with van der Waals surface area (Å²) in [6.07, 6.45) is 6.17. The van der Waals surface area contributed by atoms with Crippen molar-refractivity contribution in [3.8, 4) is 0 Å². The highest BCUT2D eigenvalue weighted by Crippen LogP contribution is 2.23. The Morgan fingerprint density at radius 1 is 0.846 bits per heavy atom. The Balaban J connectivity index is 1.36. The Labute approximate surface area is 154 Å². The molecule has 1 fully saturated rings. The fourth-order valence-electron chi connectivity index (χ4n) is 3.41. The molecule has 2 aromatic carbocycles. The minimum atomic E-state index is -0.368. The van der Waals surface area contributed by atoms with Crippen LogP contribution in [0.2, 0.25) is 0 Å². The van der Waals surface area contributed by atoms with Crippen LogP contribution in [0.25, 0.3) is 10.8 Å². The number of hydrogen-bond donors (Lipinski definition) is 0. The van der Waals surface area contributed by atoms with E-state index < -0.39 is 0 Å². The van der Waals surface area contributed by atoms with Gasteiger partial charge in [-0.1, -0.05) is 55.7 Å². The van der Waals surface area contributed by atoms with E-state index in [-0.39, 0.29) is 31.4 Å². The maximum atomic E-state index is 11.9. The molecule has 26 heavy (non-hydrogen) atoms. The van der Waals surface area contributed by atoms with Crippen LogP contribution in [0.1, 0.15) is 50.5 Å². The number of carbonyl (C=O) groups is 2. The van der Waals surface area contributed by atoms with Crippen LogP contribution in [0.5, 0.6) is 0 Å². The largest absolute Gasteiger partial charge is 0.465 e. The van der Waals surface area contributed by atoms with E-state index in [0.29, 0.717) is 12.5 Å². The molecule has 0 radical (unpaired) electrons. The lowest BCUT2D eigenvalue weighted by Gasteiger charge is -2.20. The lowest BCUT2D eigenvalue weighted by Crippen LogP contribution is -2.17. The molecule has 0 atom stereocenters. The third kappa shape index (κ3) is 5.58. The van der Waals surface area contributed by atoms with Gasteiger partial charge in [0.05, 0.1) is 19.4 Å². The Hall–Kier alpha value is -2.36. The van der Waals surface area contributed by atoms with E-state index in [1.54, 1.807) is 0 Å². The van der Waals surface area contributed by atoms with Crippen LogP contribution < -0.4 is 0 Å². The average molecular weight is 354 g/mol. The molecule has 1 saturated carbocycles. The molecular weight excluding hydrogens is 328 g/mol. The lowest BCUT2D eigenvalue weighted by molar-refractivity contribution is -0.151. The number of fused-ring (bicyclic) bond motifs is 1. The molecule has 2 aromatic rings. The maximum absolute atomic E-state index is 11.9. The van der Waals surface area contributed by atoms with Gasteiger partial charge in [0.2, 0.25) is 0 Å². The molecule has 4 heteroatoms. The minimum absolute atomic E-state index is 0.0665. The van der Waals surface area contributed by atoms with Crippen molar-refractivity contribution in [2.75, 3.05) is 6.61 Å². The van der Waals surface area contributed by atoms with E-state index >= 15 is 0 Å². The summed E-state index contributed by atoms with van der Waals surface area (Å²) in [5.41, 5.74) is 0.942. The topological polar surface area (TPSA) is 52.6 Å². The first kappa shape index (κ1) is 18.4. The third-order valence-electron chi connectivity index (χ3n) is 4.95. The van der Waals surface area contributed by atoms with Crippen LogP contribution in [0.3, 0.4) is 0 Å². The summed E-state index contributed by atoms with van der Waals surface area (Å²) in [7, 11) is 0. The molecule has 0 heterocycles. The number of rotatable bonds is 7. The first-order chi connectivity index (χ1) is 12.7. The van der Waals surface area contributed by atoms with Crippen LogP contribution >= 0.6 is 0 Å². The standard InChI is InChI=1S/C22H26O4/c23-21(25-15-17-6-2-1-3-7-17)12-13-22(24)26-16-18-10-11-19-8-4-5-9-20(19)14-18/h4-5,8-11,14,17H,1-3,6-7,12-13,15-16H2. The van der Waals surface area contributed by atoms with E-state index in [2.05, 4.69) is 0 Å². The second-order valence-corrected chi connectivity index (χ2v) is 7.03. The monoisotopic (exact) mass is 354 g/mol. The molecule has 4 nitrogen and oxygen atoms in total. The fraction of sp³-hybridized carbons (Fsp3) is 0.455. The van der Waals surface area contributed by atoms with Gasteiger partial charge in [-0.2, -0.15) is 0 Å². The zero-order valence-corrected chi connectivity index (χ0v) is 15.1. The van der Waals surface area contributed by atoms with E-state index in [0.717, 1.165) is 29.2 Å². The second kappa shape index (κ2) is 9.37. The Morgan fingerprint density at radius 3 is 2.31 bits per heavy atom. The second-order valence-electron chi connectivity index (χ2n) is 7.03. The van der Waals surface area contributed by atoms with Crippen molar-refractivity contribution in [2.45, 2.75) is 51.6 Å². The van der Waals surface area contributed by atoms with Crippen molar-refractivity contribution in [1.82, 2.24) is 0 Å². The van der Waals surface area contributed by atoms with Crippen molar-refractivity contribution in [3.63, 3.8) is 0 Å². The molecule has 3 rings (SSSR count). The molecule has 0 N–H and O–H groups in total. The van der Waals surface area contributed by atoms with Gasteiger partial charge in [0.15, 0.2) is 0 Å². The SMILES string of the molecule is O=C(CCC(=O)OCC1CCCCC1)OCc1ccc2ccccc2c1. The molecule has 0 aromatic heterocycles. The molecule has 1 aliphatic carbocycles.